The van der Waals surface area contributed by atoms with Gasteiger partial charge >= 0.3 is 0 Å². The van der Waals surface area contributed by atoms with E-state index in [4.69, 9.17) is 9.47 Å². The van der Waals surface area contributed by atoms with Gasteiger partial charge in [-0.3, -0.25) is 9.59 Å². The molecule has 0 aliphatic carbocycles. The second kappa shape index (κ2) is 17.2. The van der Waals surface area contributed by atoms with Crippen LogP contribution in [0.2, 0.25) is 0 Å². The standard InChI is InChI=1S/C34H45N3O5/c1-5-19-37(20-6-2)34(40)28-14-10-13-27(22-28)33(39)36-30(21-25-11-8-7-9-12-25)31(38)24-35-18-17-26-23-29(41-3)15-16-32(26)42-4/h7-16,22-23,30-31,35,38H,5-6,17-21,24H2,1-4H3,(H,36,39)/t30-,31?/m0/s1. The summed E-state index contributed by atoms with van der Waals surface area (Å²) >= 11 is 0. The molecule has 3 aromatic rings. The van der Waals surface area contributed by atoms with Crippen LogP contribution in [0, 0.1) is 0 Å². The van der Waals surface area contributed by atoms with Crippen LogP contribution in [-0.2, 0) is 12.8 Å². The zero-order chi connectivity index (χ0) is 30.3. The van der Waals surface area contributed by atoms with Gasteiger partial charge in [0.15, 0.2) is 0 Å². The van der Waals surface area contributed by atoms with Crippen molar-refractivity contribution in [3.8, 4) is 11.5 Å². The minimum atomic E-state index is -0.851. The molecule has 1 unspecified atom stereocenters. The number of nitrogens with zero attached hydrogens (tertiary/aromatic N) is 1. The van der Waals surface area contributed by atoms with Gasteiger partial charge in [-0.2, -0.15) is 0 Å². The van der Waals surface area contributed by atoms with E-state index in [2.05, 4.69) is 10.6 Å². The van der Waals surface area contributed by atoms with Crippen molar-refractivity contribution in [1.82, 2.24) is 15.5 Å². The number of aliphatic hydroxyl groups excluding tert-OH is 1. The Morgan fingerprint density at radius 1 is 0.881 bits per heavy atom. The van der Waals surface area contributed by atoms with E-state index in [1.54, 1.807) is 38.5 Å². The van der Waals surface area contributed by atoms with Gasteiger partial charge in [0, 0.05) is 30.8 Å². The molecule has 0 bridgehead atoms. The summed E-state index contributed by atoms with van der Waals surface area (Å²) in [6, 6.07) is 21.7. The third-order valence-electron chi connectivity index (χ3n) is 7.14. The van der Waals surface area contributed by atoms with Crippen molar-refractivity contribution >= 4 is 11.8 Å². The summed E-state index contributed by atoms with van der Waals surface area (Å²) in [6.45, 7) is 6.32. The molecule has 0 aliphatic rings. The van der Waals surface area contributed by atoms with Gasteiger partial charge in [-0.25, -0.2) is 0 Å². The summed E-state index contributed by atoms with van der Waals surface area (Å²) in [5.74, 6) is 1.13. The van der Waals surface area contributed by atoms with Gasteiger partial charge in [-0.15, -0.1) is 0 Å². The van der Waals surface area contributed by atoms with Crippen LogP contribution in [0.4, 0.5) is 0 Å². The molecule has 0 radical (unpaired) electrons. The fourth-order valence-corrected chi connectivity index (χ4v) is 4.93. The number of ether oxygens (including phenoxy) is 2. The van der Waals surface area contributed by atoms with Gasteiger partial charge in [-0.1, -0.05) is 50.2 Å². The molecule has 0 saturated carbocycles. The van der Waals surface area contributed by atoms with Crippen LogP contribution >= 0.6 is 0 Å². The molecular formula is C34H45N3O5. The van der Waals surface area contributed by atoms with Gasteiger partial charge in [0.05, 0.1) is 26.4 Å². The SMILES string of the molecule is CCCN(CCC)C(=O)c1cccc(C(=O)N[C@@H](Cc2ccccc2)C(O)CNCCc2cc(OC)ccc2OC)c1. The average molecular weight is 576 g/mol. The second-order valence-electron chi connectivity index (χ2n) is 10.3. The van der Waals surface area contributed by atoms with E-state index in [0.717, 1.165) is 35.5 Å². The Bertz CT molecular complexity index is 1260. The first kappa shape index (κ1) is 32.6. The number of methoxy groups -OCH3 is 2. The Labute approximate surface area is 250 Å². The lowest BCUT2D eigenvalue weighted by Crippen LogP contribution is -2.49. The molecule has 0 aromatic heterocycles. The average Bonchev–Trinajstić information content (AvgIpc) is 3.02. The van der Waals surface area contributed by atoms with Crippen LogP contribution in [0.1, 0.15) is 58.5 Å². The Morgan fingerprint density at radius 2 is 1.60 bits per heavy atom. The number of nitrogens with one attached hydrogen (secondary N) is 2. The first-order valence-corrected chi connectivity index (χ1v) is 14.7. The molecule has 3 aromatic carbocycles. The van der Waals surface area contributed by atoms with Gasteiger partial charge in [0.2, 0.25) is 0 Å². The first-order valence-electron chi connectivity index (χ1n) is 14.7. The number of rotatable bonds is 17. The van der Waals surface area contributed by atoms with Crippen LogP contribution in [0.15, 0.2) is 72.8 Å². The van der Waals surface area contributed by atoms with E-state index < -0.39 is 12.1 Å². The minimum Gasteiger partial charge on any atom is -0.497 e. The number of hydrogen-bond donors (Lipinski definition) is 3. The molecule has 0 aliphatic heterocycles. The Kier molecular flexibility index (Phi) is 13.3. The lowest BCUT2D eigenvalue weighted by Gasteiger charge is -2.25. The first-order chi connectivity index (χ1) is 20.4. The number of amides is 2. The normalized spacial score (nSPS) is 12.3. The van der Waals surface area contributed by atoms with Crippen molar-refractivity contribution in [3.63, 3.8) is 0 Å². The highest BCUT2D eigenvalue weighted by Gasteiger charge is 2.23. The highest BCUT2D eigenvalue weighted by Crippen LogP contribution is 2.24. The number of aliphatic hydroxyl groups is 1. The van der Waals surface area contributed by atoms with E-state index in [1.165, 1.54) is 0 Å². The van der Waals surface area contributed by atoms with Gasteiger partial charge < -0.3 is 30.1 Å². The fourth-order valence-electron chi connectivity index (χ4n) is 4.93. The van der Waals surface area contributed by atoms with Gasteiger partial charge in [0.25, 0.3) is 11.8 Å². The van der Waals surface area contributed by atoms with E-state index in [0.29, 0.717) is 43.6 Å². The number of carbonyl (C=O) groups excluding carboxylic acids is 2. The Morgan fingerprint density at radius 3 is 2.26 bits per heavy atom. The smallest absolute Gasteiger partial charge is 0.253 e. The molecule has 2 atom stereocenters. The Balaban J connectivity index is 1.68. The monoisotopic (exact) mass is 575 g/mol. The molecule has 42 heavy (non-hydrogen) atoms. The number of carbonyl (C=O) groups is 2. The fraction of sp³-hybridized carbons (Fsp3) is 0.412. The number of benzene rings is 3. The molecule has 2 amide bonds. The van der Waals surface area contributed by atoms with Crippen molar-refractivity contribution in [1.29, 1.82) is 0 Å². The summed E-state index contributed by atoms with van der Waals surface area (Å²) < 4.78 is 10.8. The van der Waals surface area contributed by atoms with Crippen LogP contribution in [0.5, 0.6) is 11.5 Å². The van der Waals surface area contributed by atoms with E-state index in [9.17, 15) is 14.7 Å². The van der Waals surface area contributed by atoms with E-state index in [-0.39, 0.29) is 18.4 Å². The quantitative estimate of drug-likeness (QED) is 0.205. The lowest BCUT2D eigenvalue weighted by molar-refractivity contribution is 0.0755. The molecule has 226 valence electrons. The highest BCUT2D eigenvalue weighted by atomic mass is 16.5. The molecule has 0 fully saturated rings. The topological polar surface area (TPSA) is 100 Å². The predicted octanol–water partition coefficient (Wildman–Crippen LogP) is 4.50. The molecule has 3 N–H and O–H groups in total. The maximum Gasteiger partial charge on any atom is 0.253 e. The van der Waals surface area contributed by atoms with E-state index in [1.807, 2.05) is 67.3 Å². The zero-order valence-electron chi connectivity index (χ0n) is 25.3. The largest absolute Gasteiger partial charge is 0.497 e. The predicted molar refractivity (Wildman–Crippen MR) is 166 cm³/mol. The molecular weight excluding hydrogens is 530 g/mol. The van der Waals surface area contributed by atoms with Gasteiger partial charge in [0.1, 0.15) is 11.5 Å². The Hall–Kier alpha value is -3.88. The maximum absolute atomic E-state index is 13.4. The molecule has 0 heterocycles. The van der Waals surface area contributed by atoms with Crippen molar-refractivity contribution < 1.29 is 24.2 Å². The van der Waals surface area contributed by atoms with Crippen molar-refractivity contribution in [3.05, 3.63) is 95.1 Å². The lowest BCUT2D eigenvalue weighted by atomic mass is 10.00. The van der Waals surface area contributed by atoms with Crippen LogP contribution in [0.25, 0.3) is 0 Å². The molecule has 0 spiro atoms. The van der Waals surface area contributed by atoms with Gasteiger partial charge in [-0.05, 0) is 79.8 Å². The molecule has 3 rings (SSSR count). The molecule has 8 nitrogen and oxygen atoms in total. The summed E-state index contributed by atoms with van der Waals surface area (Å²) in [4.78, 5) is 28.4. The summed E-state index contributed by atoms with van der Waals surface area (Å²) in [5, 5.41) is 17.5. The van der Waals surface area contributed by atoms with E-state index >= 15 is 0 Å². The van der Waals surface area contributed by atoms with Crippen molar-refractivity contribution in [2.24, 2.45) is 0 Å². The molecule has 8 heteroatoms. The summed E-state index contributed by atoms with van der Waals surface area (Å²) in [7, 11) is 3.26. The second-order valence-corrected chi connectivity index (χ2v) is 10.3. The van der Waals surface area contributed by atoms with Crippen LogP contribution in [0.3, 0.4) is 0 Å². The van der Waals surface area contributed by atoms with Crippen LogP contribution < -0.4 is 20.1 Å². The third-order valence-corrected chi connectivity index (χ3v) is 7.14. The van der Waals surface area contributed by atoms with Crippen molar-refractivity contribution in [2.75, 3.05) is 40.4 Å². The summed E-state index contributed by atoms with van der Waals surface area (Å²) in [5.41, 5.74) is 2.87. The zero-order valence-corrected chi connectivity index (χ0v) is 25.3. The molecule has 0 saturated heterocycles. The summed E-state index contributed by atoms with van der Waals surface area (Å²) in [6.07, 6.45) is 2.02. The minimum absolute atomic E-state index is 0.0777. The van der Waals surface area contributed by atoms with Crippen molar-refractivity contribution in [2.45, 2.75) is 51.7 Å². The highest BCUT2D eigenvalue weighted by molar-refractivity contribution is 5.99. The maximum atomic E-state index is 13.4. The van der Waals surface area contributed by atoms with Crippen LogP contribution in [-0.4, -0.2) is 74.4 Å². The third kappa shape index (κ3) is 9.60. The number of hydrogen-bond acceptors (Lipinski definition) is 6.